The third-order valence-electron chi connectivity index (χ3n) is 5.19. The summed E-state index contributed by atoms with van der Waals surface area (Å²) < 4.78 is 6.96. The summed E-state index contributed by atoms with van der Waals surface area (Å²) in [5.41, 5.74) is -0.780. The van der Waals surface area contributed by atoms with Crippen LogP contribution in [0.4, 0.5) is 5.82 Å². The topological polar surface area (TPSA) is 93.5 Å². The first-order valence-corrected chi connectivity index (χ1v) is 13.7. The van der Waals surface area contributed by atoms with E-state index in [1.807, 2.05) is 11.8 Å². The van der Waals surface area contributed by atoms with Gasteiger partial charge in [0.1, 0.15) is 17.5 Å². The SMILES string of the molecule is CCSCCCCCCCCCCCC(=O)Nc1ccn([C@H]2CS[C@@H](CO)O2)c(=O)n1. The van der Waals surface area contributed by atoms with Gasteiger partial charge in [-0.1, -0.05) is 51.9 Å². The van der Waals surface area contributed by atoms with Crippen LogP contribution in [0.3, 0.4) is 0 Å². The fourth-order valence-corrected chi connectivity index (χ4v) is 5.09. The Labute approximate surface area is 194 Å². The molecule has 2 rings (SSSR count). The van der Waals surface area contributed by atoms with Gasteiger partial charge in [0.2, 0.25) is 5.91 Å². The van der Waals surface area contributed by atoms with Gasteiger partial charge in [-0.2, -0.15) is 16.7 Å². The number of anilines is 1. The van der Waals surface area contributed by atoms with E-state index in [1.54, 1.807) is 12.3 Å². The molecule has 0 spiro atoms. The lowest BCUT2D eigenvalue weighted by Crippen LogP contribution is -2.29. The Balaban J connectivity index is 1.54. The molecule has 1 aliphatic rings. The van der Waals surface area contributed by atoms with Crippen molar-refractivity contribution in [2.24, 2.45) is 0 Å². The molecule has 9 heteroatoms. The highest BCUT2D eigenvalue weighted by Gasteiger charge is 2.27. The van der Waals surface area contributed by atoms with Gasteiger partial charge in [-0.15, -0.1) is 11.8 Å². The predicted octanol–water partition coefficient (Wildman–Crippen LogP) is 4.42. The molecule has 31 heavy (non-hydrogen) atoms. The maximum absolute atomic E-state index is 12.2. The summed E-state index contributed by atoms with van der Waals surface area (Å²) in [5.74, 6) is 3.26. The Hall–Kier alpha value is -1.03. The van der Waals surface area contributed by atoms with E-state index in [2.05, 4.69) is 17.2 Å². The summed E-state index contributed by atoms with van der Waals surface area (Å²) in [6.07, 6.45) is 12.5. The van der Waals surface area contributed by atoms with E-state index in [0.29, 0.717) is 12.2 Å². The summed E-state index contributed by atoms with van der Waals surface area (Å²) >= 11 is 3.49. The molecule has 1 aliphatic heterocycles. The molecule has 1 fully saturated rings. The molecule has 0 radical (unpaired) electrons. The standard InChI is InChI=1S/C22H37N3O4S2/c1-2-30-15-11-9-7-5-3-4-6-8-10-12-19(27)23-18-13-14-25(22(28)24-18)20-17-31-21(16-26)29-20/h13-14,20-21,26H,2-12,15-17H2,1H3,(H,23,24,27,28)/t20-,21+/m1/s1. The van der Waals surface area contributed by atoms with Gasteiger partial charge in [-0.05, 0) is 30.4 Å². The molecule has 2 heterocycles. The summed E-state index contributed by atoms with van der Waals surface area (Å²) in [6, 6.07) is 1.61. The second-order valence-electron chi connectivity index (χ2n) is 7.72. The van der Waals surface area contributed by atoms with Crippen molar-refractivity contribution in [1.82, 2.24) is 9.55 Å². The first-order valence-electron chi connectivity index (χ1n) is 11.5. The third kappa shape index (κ3) is 10.4. The van der Waals surface area contributed by atoms with Crippen molar-refractivity contribution in [1.29, 1.82) is 0 Å². The number of nitrogens with one attached hydrogen (secondary N) is 1. The van der Waals surface area contributed by atoms with Gasteiger partial charge in [-0.3, -0.25) is 9.36 Å². The average Bonchev–Trinajstić information content (AvgIpc) is 3.23. The first kappa shape index (κ1) is 26.2. The van der Waals surface area contributed by atoms with Crippen molar-refractivity contribution in [3.63, 3.8) is 0 Å². The molecule has 0 aromatic carbocycles. The highest BCUT2D eigenvalue weighted by atomic mass is 32.2. The second kappa shape index (κ2) is 15.7. The van der Waals surface area contributed by atoms with Gasteiger partial charge in [0.15, 0.2) is 0 Å². The minimum absolute atomic E-state index is 0.0874. The van der Waals surface area contributed by atoms with Crippen LogP contribution in [0.1, 0.15) is 77.4 Å². The monoisotopic (exact) mass is 471 g/mol. The minimum atomic E-state index is -0.467. The number of aliphatic hydroxyl groups is 1. The van der Waals surface area contributed by atoms with Crippen molar-refractivity contribution in [2.75, 3.05) is 29.2 Å². The highest BCUT2D eigenvalue weighted by molar-refractivity contribution is 8.00. The van der Waals surface area contributed by atoms with Crippen LogP contribution >= 0.6 is 23.5 Å². The molecule has 0 saturated carbocycles. The Morgan fingerprint density at radius 1 is 1.23 bits per heavy atom. The molecular formula is C22H37N3O4S2. The van der Waals surface area contributed by atoms with Gasteiger partial charge < -0.3 is 15.2 Å². The van der Waals surface area contributed by atoms with Crippen LogP contribution in [0.2, 0.25) is 0 Å². The van der Waals surface area contributed by atoms with Crippen LogP contribution in [0.15, 0.2) is 17.1 Å². The maximum atomic E-state index is 12.2. The number of aromatic nitrogens is 2. The average molecular weight is 472 g/mol. The van der Waals surface area contributed by atoms with Crippen LogP contribution in [0.5, 0.6) is 0 Å². The summed E-state index contributed by atoms with van der Waals surface area (Å²) in [6.45, 7) is 2.13. The van der Waals surface area contributed by atoms with Gasteiger partial charge in [0.25, 0.3) is 0 Å². The molecule has 2 N–H and O–H groups in total. The zero-order valence-electron chi connectivity index (χ0n) is 18.6. The van der Waals surface area contributed by atoms with Gasteiger partial charge in [0, 0.05) is 18.4 Å². The molecule has 1 saturated heterocycles. The number of carbonyl (C=O) groups is 1. The van der Waals surface area contributed by atoms with E-state index in [4.69, 9.17) is 9.84 Å². The van der Waals surface area contributed by atoms with Crippen molar-refractivity contribution < 1.29 is 14.6 Å². The van der Waals surface area contributed by atoms with E-state index in [-0.39, 0.29) is 23.8 Å². The van der Waals surface area contributed by atoms with Crippen molar-refractivity contribution in [3.8, 4) is 0 Å². The number of nitrogens with zero attached hydrogens (tertiary/aromatic N) is 2. The summed E-state index contributed by atoms with van der Waals surface area (Å²) in [5, 5.41) is 11.8. The molecule has 2 atom stereocenters. The van der Waals surface area contributed by atoms with E-state index in [0.717, 1.165) is 12.8 Å². The Morgan fingerprint density at radius 3 is 2.52 bits per heavy atom. The number of aliphatic hydroxyl groups excluding tert-OH is 1. The van der Waals surface area contributed by atoms with Crippen LogP contribution < -0.4 is 11.0 Å². The molecule has 1 amide bonds. The number of hydrogen-bond donors (Lipinski definition) is 2. The second-order valence-corrected chi connectivity index (χ2v) is 10.3. The lowest BCUT2D eigenvalue weighted by molar-refractivity contribution is -0.116. The number of thioether (sulfide) groups is 2. The molecule has 1 aromatic rings. The van der Waals surface area contributed by atoms with E-state index >= 15 is 0 Å². The molecule has 1 aromatic heterocycles. The van der Waals surface area contributed by atoms with Gasteiger partial charge in [0.05, 0.1) is 6.61 Å². The van der Waals surface area contributed by atoms with Crippen LogP contribution in [-0.2, 0) is 9.53 Å². The lowest BCUT2D eigenvalue weighted by Gasteiger charge is -2.14. The Bertz CT molecular complexity index is 702. The summed E-state index contributed by atoms with van der Waals surface area (Å²) in [4.78, 5) is 28.3. The third-order valence-corrected chi connectivity index (χ3v) is 7.28. The zero-order chi connectivity index (χ0) is 22.3. The zero-order valence-corrected chi connectivity index (χ0v) is 20.2. The van der Waals surface area contributed by atoms with Crippen molar-refractivity contribution in [2.45, 2.75) is 82.8 Å². The van der Waals surface area contributed by atoms with Crippen molar-refractivity contribution >= 4 is 35.2 Å². The normalized spacial score (nSPS) is 18.4. The first-order chi connectivity index (χ1) is 15.1. The number of unbranched alkanes of at least 4 members (excludes halogenated alkanes) is 8. The fourth-order valence-electron chi connectivity index (χ4n) is 3.46. The van der Waals surface area contributed by atoms with Crippen LogP contribution in [-0.4, -0.2) is 49.9 Å². The minimum Gasteiger partial charge on any atom is -0.393 e. The molecule has 7 nitrogen and oxygen atoms in total. The molecular weight excluding hydrogens is 434 g/mol. The van der Waals surface area contributed by atoms with E-state index < -0.39 is 11.9 Å². The smallest absolute Gasteiger partial charge is 0.351 e. The Kier molecular flexibility index (Phi) is 13.3. The quantitative estimate of drug-likeness (QED) is 0.345. The summed E-state index contributed by atoms with van der Waals surface area (Å²) in [7, 11) is 0. The van der Waals surface area contributed by atoms with E-state index in [9.17, 15) is 9.59 Å². The number of carbonyl (C=O) groups excluding carboxylic acids is 1. The number of amides is 1. The van der Waals surface area contributed by atoms with Crippen molar-refractivity contribution in [3.05, 3.63) is 22.7 Å². The van der Waals surface area contributed by atoms with Crippen LogP contribution in [0, 0.1) is 0 Å². The predicted molar refractivity (Wildman–Crippen MR) is 130 cm³/mol. The molecule has 0 bridgehead atoms. The van der Waals surface area contributed by atoms with Gasteiger partial charge in [-0.25, -0.2) is 4.79 Å². The lowest BCUT2D eigenvalue weighted by atomic mass is 10.1. The van der Waals surface area contributed by atoms with Gasteiger partial charge >= 0.3 is 5.69 Å². The Morgan fingerprint density at radius 2 is 1.90 bits per heavy atom. The van der Waals surface area contributed by atoms with Crippen LogP contribution in [0.25, 0.3) is 0 Å². The largest absolute Gasteiger partial charge is 0.393 e. The number of hydrogen-bond acceptors (Lipinski definition) is 7. The number of ether oxygens (including phenoxy) is 1. The van der Waals surface area contributed by atoms with E-state index in [1.165, 1.54) is 72.8 Å². The molecule has 0 aliphatic carbocycles. The highest BCUT2D eigenvalue weighted by Crippen LogP contribution is 2.30. The number of rotatable bonds is 16. The molecule has 176 valence electrons. The fraction of sp³-hybridized carbons (Fsp3) is 0.773. The maximum Gasteiger partial charge on any atom is 0.351 e. The molecule has 0 unspecified atom stereocenters.